The molecule has 1 aliphatic rings. The van der Waals surface area contributed by atoms with Crippen LogP contribution in [0.2, 0.25) is 0 Å². The topological polar surface area (TPSA) is 26.0 Å². The third-order valence-corrected chi connectivity index (χ3v) is 4.38. The average Bonchev–Trinajstić information content (AvgIpc) is 2.22. The maximum atomic E-state index is 5.95. The molecule has 1 nitrogen and oxygen atoms in total. The third-order valence-electron chi connectivity index (χ3n) is 4.38. The first-order valence-electron chi connectivity index (χ1n) is 6.85. The lowest BCUT2D eigenvalue weighted by Crippen LogP contribution is -2.29. The van der Waals surface area contributed by atoms with Gasteiger partial charge in [-0.25, -0.2) is 0 Å². The Labute approximate surface area is 95.8 Å². The average molecular weight is 211 g/mol. The Morgan fingerprint density at radius 3 is 2.20 bits per heavy atom. The van der Waals surface area contributed by atoms with Crippen LogP contribution in [0.5, 0.6) is 0 Å². The molecule has 1 unspecified atom stereocenters. The molecule has 1 saturated carbocycles. The van der Waals surface area contributed by atoms with Crippen molar-refractivity contribution >= 4 is 0 Å². The van der Waals surface area contributed by atoms with Crippen molar-refractivity contribution in [2.75, 3.05) is 0 Å². The molecule has 90 valence electrons. The van der Waals surface area contributed by atoms with Gasteiger partial charge in [-0.05, 0) is 49.9 Å². The fourth-order valence-corrected chi connectivity index (χ4v) is 3.12. The molecule has 1 heteroatoms. The summed E-state index contributed by atoms with van der Waals surface area (Å²) in [7, 11) is 0. The van der Waals surface area contributed by atoms with Gasteiger partial charge in [0.2, 0.25) is 0 Å². The fraction of sp³-hybridized carbons (Fsp3) is 1.00. The van der Waals surface area contributed by atoms with Gasteiger partial charge in [0.15, 0.2) is 0 Å². The molecule has 0 amide bonds. The van der Waals surface area contributed by atoms with Gasteiger partial charge in [-0.1, -0.05) is 33.6 Å². The molecule has 2 N–H and O–H groups in total. The second-order valence-corrected chi connectivity index (χ2v) is 5.90. The van der Waals surface area contributed by atoms with E-state index in [1.165, 1.54) is 51.4 Å². The minimum atomic E-state index is 0.500. The monoisotopic (exact) mass is 211 g/mol. The highest BCUT2D eigenvalue weighted by Crippen LogP contribution is 2.39. The van der Waals surface area contributed by atoms with Gasteiger partial charge in [0, 0.05) is 6.04 Å². The molecule has 0 radical (unpaired) electrons. The molecule has 0 aromatic carbocycles. The van der Waals surface area contributed by atoms with Crippen molar-refractivity contribution in [2.45, 2.75) is 78.2 Å². The molecule has 0 heterocycles. The van der Waals surface area contributed by atoms with Crippen molar-refractivity contribution in [3.8, 4) is 0 Å². The molecule has 1 fully saturated rings. The van der Waals surface area contributed by atoms with Crippen molar-refractivity contribution in [1.29, 1.82) is 0 Å². The van der Waals surface area contributed by atoms with E-state index < -0.39 is 0 Å². The van der Waals surface area contributed by atoms with Crippen LogP contribution in [0.1, 0.15) is 72.1 Å². The number of rotatable bonds is 5. The van der Waals surface area contributed by atoms with Crippen LogP contribution in [0.4, 0.5) is 0 Å². The lowest BCUT2D eigenvalue weighted by Gasteiger charge is -2.35. The van der Waals surface area contributed by atoms with Crippen molar-refractivity contribution in [3.05, 3.63) is 0 Å². The Bertz CT molecular complexity index is 170. The molecule has 15 heavy (non-hydrogen) atoms. The lowest BCUT2D eigenvalue weighted by atomic mass is 9.71. The molecule has 0 aromatic heterocycles. The second kappa shape index (κ2) is 5.89. The first-order valence-corrected chi connectivity index (χ1v) is 6.85. The number of nitrogens with two attached hydrogens (primary N) is 1. The predicted molar refractivity (Wildman–Crippen MR) is 67.9 cm³/mol. The molecular formula is C14H29N. The summed E-state index contributed by atoms with van der Waals surface area (Å²) < 4.78 is 0. The first kappa shape index (κ1) is 13.0. The maximum Gasteiger partial charge on any atom is 0.00390 e. The molecule has 0 aliphatic heterocycles. The molecule has 0 saturated heterocycles. The Balaban J connectivity index is 2.38. The normalized spacial score (nSPS) is 31.2. The van der Waals surface area contributed by atoms with Crippen LogP contribution in [0, 0.1) is 11.3 Å². The lowest BCUT2D eigenvalue weighted by molar-refractivity contribution is 0.175. The van der Waals surface area contributed by atoms with Gasteiger partial charge in [0.25, 0.3) is 0 Å². The summed E-state index contributed by atoms with van der Waals surface area (Å²) in [5, 5.41) is 0. The van der Waals surface area contributed by atoms with Crippen LogP contribution in [-0.4, -0.2) is 6.04 Å². The molecule has 0 spiro atoms. The summed E-state index contributed by atoms with van der Waals surface area (Å²) >= 11 is 0. The minimum absolute atomic E-state index is 0.500. The van der Waals surface area contributed by atoms with E-state index in [4.69, 9.17) is 5.73 Å². The maximum absolute atomic E-state index is 5.95. The summed E-state index contributed by atoms with van der Waals surface area (Å²) in [5.41, 5.74) is 6.55. The van der Waals surface area contributed by atoms with E-state index in [9.17, 15) is 0 Å². The smallest absolute Gasteiger partial charge is 0.00390 e. The zero-order valence-electron chi connectivity index (χ0n) is 10.9. The van der Waals surface area contributed by atoms with Crippen molar-refractivity contribution in [3.63, 3.8) is 0 Å². The van der Waals surface area contributed by atoms with Crippen LogP contribution in [0.15, 0.2) is 0 Å². The van der Waals surface area contributed by atoms with E-state index in [1.54, 1.807) is 0 Å². The SMILES string of the molecule is CCCC(C)(CC)C[C@H]1CC[C@@H](N)CC1. The summed E-state index contributed by atoms with van der Waals surface area (Å²) in [6, 6.07) is 0.500. The summed E-state index contributed by atoms with van der Waals surface area (Å²) in [4.78, 5) is 0. The minimum Gasteiger partial charge on any atom is -0.328 e. The van der Waals surface area contributed by atoms with Crippen molar-refractivity contribution < 1.29 is 0 Å². The van der Waals surface area contributed by atoms with E-state index in [0.29, 0.717) is 11.5 Å². The van der Waals surface area contributed by atoms with Gasteiger partial charge in [-0.2, -0.15) is 0 Å². The van der Waals surface area contributed by atoms with Crippen molar-refractivity contribution in [2.24, 2.45) is 17.1 Å². The highest BCUT2D eigenvalue weighted by Gasteiger charge is 2.27. The van der Waals surface area contributed by atoms with E-state index in [-0.39, 0.29) is 0 Å². The number of hydrogen-bond donors (Lipinski definition) is 1. The van der Waals surface area contributed by atoms with E-state index in [1.807, 2.05) is 0 Å². The molecule has 1 aliphatic carbocycles. The molecule has 1 rings (SSSR count). The molecule has 0 bridgehead atoms. The molecule has 0 aromatic rings. The summed E-state index contributed by atoms with van der Waals surface area (Å²) in [5.74, 6) is 0.960. The van der Waals surface area contributed by atoms with Gasteiger partial charge >= 0.3 is 0 Å². The Kier molecular flexibility index (Phi) is 5.11. The quantitative estimate of drug-likeness (QED) is 0.727. The van der Waals surface area contributed by atoms with Crippen molar-refractivity contribution in [1.82, 2.24) is 0 Å². The van der Waals surface area contributed by atoms with Gasteiger partial charge < -0.3 is 5.73 Å². The summed E-state index contributed by atoms with van der Waals surface area (Å²) in [6.07, 6.45) is 10.8. The Morgan fingerprint density at radius 1 is 1.13 bits per heavy atom. The van der Waals surface area contributed by atoms with E-state index in [2.05, 4.69) is 20.8 Å². The Morgan fingerprint density at radius 2 is 1.73 bits per heavy atom. The highest BCUT2D eigenvalue weighted by atomic mass is 14.6. The van der Waals surface area contributed by atoms with Gasteiger partial charge in [0.1, 0.15) is 0 Å². The van der Waals surface area contributed by atoms with E-state index >= 15 is 0 Å². The van der Waals surface area contributed by atoms with E-state index in [0.717, 1.165) is 5.92 Å². The first-order chi connectivity index (χ1) is 7.09. The van der Waals surface area contributed by atoms with Crippen LogP contribution in [-0.2, 0) is 0 Å². The predicted octanol–water partition coefficient (Wildman–Crippen LogP) is 4.11. The zero-order valence-corrected chi connectivity index (χ0v) is 10.9. The van der Waals surface area contributed by atoms with Gasteiger partial charge in [0.05, 0.1) is 0 Å². The largest absolute Gasteiger partial charge is 0.328 e. The Hall–Kier alpha value is -0.0400. The van der Waals surface area contributed by atoms with Crippen LogP contribution < -0.4 is 5.73 Å². The van der Waals surface area contributed by atoms with Crippen LogP contribution in [0.25, 0.3) is 0 Å². The standard InChI is InChI=1S/C14H29N/c1-4-10-14(3,5-2)11-12-6-8-13(15)9-7-12/h12-13H,4-11,15H2,1-3H3/t12-,13+,14?. The highest BCUT2D eigenvalue weighted by molar-refractivity contribution is 4.81. The second-order valence-electron chi connectivity index (χ2n) is 5.90. The van der Waals surface area contributed by atoms with Gasteiger partial charge in [-0.3, -0.25) is 0 Å². The van der Waals surface area contributed by atoms with Crippen LogP contribution in [0.3, 0.4) is 0 Å². The molecular weight excluding hydrogens is 182 g/mol. The zero-order chi connectivity index (χ0) is 11.3. The third kappa shape index (κ3) is 4.14. The number of hydrogen-bond acceptors (Lipinski definition) is 1. The fourth-order valence-electron chi connectivity index (χ4n) is 3.12. The molecule has 1 atom stereocenters. The van der Waals surface area contributed by atoms with Gasteiger partial charge in [-0.15, -0.1) is 0 Å². The summed E-state index contributed by atoms with van der Waals surface area (Å²) in [6.45, 7) is 7.14. The van der Waals surface area contributed by atoms with Crippen LogP contribution >= 0.6 is 0 Å².